The first-order valence-electron chi connectivity index (χ1n) is 8.93. The first-order chi connectivity index (χ1) is 12.5. The maximum atomic E-state index is 12.0. The summed E-state index contributed by atoms with van der Waals surface area (Å²) in [6.45, 7) is 5.33. The fourth-order valence-corrected chi connectivity index (χ4v) is 2.58. The van der Waals surface area contributed by atoms with Gasteiger partial charge >= 0.3 is 5.97 Å². The number of ether oxygens (including phenoxy) is 2. The monoisotopic (exact) mass is 362 g/mol. The lowest BCUT2D eigenvalue weighted by Gasteiger charge is -2.15. The second kappa shape index (κ2) is 9.91. The second-order valence-electron chi connectivity index (χ2n) is 6.39. The molecule has 1 aliphatic rings. The molecule has 1 aromatic rings. The Kier molecular flexibility index (Phi) is 7.59. The molecule has 0 aliphatic carbocycles. The minimum Gasteiger partial charge on any atom is -0.452 e. The van der Waals surface area contributed by atoms with Crippen molar-refractivity contribution in [3.63, 3.8) is 0 Å². The summed E-state index contributed by atoms with van der Waals surface area (Å²) in [4.78, 5) is 37.1. The highest BCUT2D eigenvalue weighted by Gasteiger charge is 2.21. The zero-order valence-corrected chi connectivity index (χ0v) is 15.3. The van der Waals surface area contributed by atoms with Crippen LogP contribution in [0.3, 0.4) is 0 Å². The third kappa shape index (κ3) is 6.15. The molecule has 0 aromatic heterocycles. The average Bonchev–Trinajstić information content (AvgIpc) is 3.05. The Labute approximate surface area is 153 Å². The molecule has 1 aromatic carbocycles. The van der Waals surface area contributed by atoms with E-state index in [1.807, 2.05) is 13.8 Å². The molecule has 0 spiro atoms. The Morgan fingerprint density at radius 3 is 2.58 bits per heavy atom. The lowest BCUT2D eigenvalue weighted by Crippen LogP contribution is -2.30. The first kappa shape index (κ1) is 19.9. The van der Waals surface area contributed by atoms with Gasteiger partial charge in [-0.15, -0.1) is 0 Å². The van der Waals surface area contributed by atoms with Crippen molar-refractivity contribution in [2.24, 2.45) is 0 Å². The zero-order valence-electron chi connectivity index (χ0n) is 15.3. The fourth-order valence-electron chi connectivity index (χ4n) is 2.58. The van der Waals surface area contributed by atoms with Gasteiger partial charge in [0, 0.05) is 31.8 Å². The lowest BCUT2D eigenvalue weighted by atomic mass is 10.2. The number of benzene rings is 1. The van der Waals surface area contributed by atoms with Crippen LogP contribution in [0.2, 0.25) is 0 Å². The van der Waals surface area contributed by atoms with Gasteiger partial charge in [-0.2, -0.15) is 0 Å². The van der Waals surface area contributed by atoms with E-state index in [2.05, 4.69) is 5.32 Å². The van der Waals surface area contributed by atoms with E-state index < -0.39 is 5.97 Å². The summed E-state index contributed by atoms with van der Waals surface area (Å²) in [6.07, 6.45) is 2.28. The molecule has 26 heavy (non-hydrogen) atoms. The predicted molar refractivity (Wildman–Crippen MR) is 97.0 cm³/mol. The highest BCUT2D eigenvalue weighted by molar-refractivity contribution is 5.96. The molecular weight excluding hydrogens is 336 g/mol. The summed E-state index contributed by atoms with van der Waals surface area (Å²) < 4.78 is 10.4. The van der Waals surface area contributed by atoms with Crippen LogP contribution in [0.5, 0.6) is 0 Å². The Morgan fingerprint density at radius 1 is 1.23 bits per heavy atom. The molecule has 1 heterocycles. The normalized spacial score (nSPS) is 14.0. The molecule has 0 bridgehead atoms. The molecule has 7 nitrogen and oxygen atoms in total. The molecule has 2 rings (SSSR count). The summed E-state index contributed by atoms with van der Waals surface area (Å²) in [5.74, 6) is -0.819. The molecule has 2 amide bonds. The van der Waals surface area contributed by atoms with Crippen molar-refractivity contribution in [3.8, 4) is 0 Å². The van der Waals surface area contributed by atoms with Gasteiger partial charge in [0.1, 0.15) is 0 Å². The number of carbonyl (C=O) groups excluding carboxylic acids is 3. The summed E-state index contributed by atoms with van der Waals surface area (Å²) >= 11 is 0. The number of carbonyl (C=O) groups is 3. The number of nitrogens with zero attached hydrogens (tertiary/aromatic N) is 1. The minimum atomic E-state index is -0.567. The Bertz CT molecular complexity index is 627. The van der Waals surface area contributed by atoms with Crippen molar-refractivity contribution in [2.45, 2.75) is 39.2 Å². The molecule has 0 unspecified atom stereocenters. The average molecular weight is 362 g/mol. The Morgan fingerprint density at radius 2 is 1.96 bits per heavy atom. The van der Waals surface area contributed by atoms with E-state index in [1.165, 1.54) is 0 Å². The number of rotatable bonds is 9. The van der Waals surface area contributed by atoms with Crippen molar-refractivity contribution < 1.29 is 23.9 Å². The van der Waals surface area contributed by atoms with E-state index in [0.717, 1.165) is 12.1 Å². The molecule has 0 atom stereocenters. The number of hydrogen-bond acceptors (Lipinski definition) is 5. The molecule has 1 N–H and O–H groups in total. The zero-order chi connectivity index (χ0) is 18.9. The van der Waals surface area contributed by atoms with Gasteiger partial charge in [-0.3, -0.25) is 9.59 Å². The third-order valence-corrected chi connectivity index (χ3v) is 3.92. The van der Waals surface area contributed by atoms with Crippen molar-refractivity contribution in [3.05, 3.63) is 29.8 Å². The van der Waals surface area contributed by atoms with Crippen molar-refractivity contribution in [1.29, 1.82) is 0 Å². The summed E-state index contributed by atoms with van der Waals surface area (Å²) in [5.41, 5.74) is 1.11. The Hall–Kier alpha value is -2.41. The van der Waals surface area contributed by atoms with Crippen LogP contribution in [0.25, 0.3) is 0 Å². The molecule has 142 valence electrons. The smallest absolute Gasteiger partial charge is 0.338 e. The van der Waals surface area contributed by atoms with Gasteiger partial charge in [-0.25, -0.2) is 4.79 Å². The van der Waals surface area contributed by atoms with Gasteiger partial charge in [0.25, 0.3) is 5.91 Å². The Balaban J connectivity index is 1.70. The van der Waals surface area contributed by atoms with Crippen LogP contribution in [0.4, 0.5) is 5.69 Å². The largest absolute Gasteiger partial charge is 0.452 e. The third-order valence-electron chi connectivity index (χ3n) is 3.92. The molecule has 1 saturated heterocycles. The lowest BCUT2D eigenvalue weighted by molar-refractivity contribution is -0.124. The van der Waals surface area contributed by atoms with Gasteiger partial charge in [0.2, 0.25) is 5.91 Å². The molecule has 7 heteroatoms. The maximum Gasteiger partial charge on any atom is 0.338 e. The SMILES string of the molecule is CC(C)OCCCNC(=O)COC(=O)c1ccc(N2CCCC2=O)cc1. The van der Waals surface area contributed by atoms with Gasteiger partial charge in [-0.05, 0) is 51.0 Å². The summed E-state index contributed by atoms with van der Waals surface area (Å²) in [7, 11) is 0. The van der Waals surface area contributed by atoms with E-state index in [0.29, 0.717) is 38.1 Å². The van der Waals surface area contributed by atoms with E-state index >= 15 is 0 Å². The molecule has 1 aliphatic heterocycles. The standard InChI is InChI=1S/C19H26N2O5/c1-14(2)25-12-4-10-20-17(22)13-26-19(24)15-6-8-16(9-7-15)21-11-3-5-18(21)23/h6-9,14H,3-5,10-13H2,1-2H3,(H,20,22). The summed E-state index contributed by atoms with van der Waals surface area (Å²) in [6, 6.07) is 6.64. The van der Waals surface area contributed by atoms with Gasteiger partial charge in [-0.1, -0.05) is 0 Å². The van der Waals surface area contributed by atoms with Crippen LogP contribution >= 0.6 is 0 Å². The van der Waals surface area contributed by atoms with E-state index in [4.69, 9.17) is 9.47 Å². The summed E-state index contributed by atoms with van der Waals surface area (Å²) in [5, 5.41) is 2.67. The van der Waals surface area contributed by atoms with E-state index in [-0.39, 0.29) is 24.5 Å². The number of hydrogen-bond donors (Lipinski definition) is 1. The minimum absolute atomic E-state index is 0.0933. The number of anilines is 1. The molecule has 0 radical (unpaired) electrons. The molecular formula is C19H26N2O5. The van der Waals surface area contributed by atoms with Crippen molar-refractivity contribution in [2.75, 3.05) is 31.2 Å². The maximum absolute atomic E-state index is 12.0. The highest BCUT2D eigenvalue weighted by atomic mass is 16.5. The van der Waals surface area contributed by atoms with E-state index in [9.17, 15) is 14.4 Å². The van der Waals surface area contributed by atoms with E-state index in [1.54, 1.807) is 29.2 Å². The van der Waals surface area contributed by atoms with Crippen LogP contribution < -0.4 is 10.2 Å². The number of amides is 2. The van der Waals surface area contributed by atoms with Crippen LogP contribution in [-0.2, 0) is 19.1 Å². The van der Waals surface area contributed by atoms with Crippen LogP contribution in [0.1, 0.15) is 43.5 Å². The van der Waals surface area contributed by atoms with Crippen LogP contribution in [-0.4, -0.2) is 50.2 Å². The van der Waals surface area contributed by atoms with Crippen molar-refractivity contribution in [1.82, 2.24) is 5.32 Å². The van der Waals surface area contributed by atoms with Crippen molar-refractivity contribution >= 4 is 23.5 Å². The van der Waals surface area contributed by atoms with Gasteiger partial charge < -0.3 is 19.7 Å². The highest BCUT2D eigenvalue weighted by Crippen LogP contribution is 2.21. The predicted octanol–water partition coefficient (Wildman–Crippen LogP) is 1.90. The molecule has 1 fully saturated rings. The van der Waals surface area contributed by atoms with Gasteiger partial charge in [0.05, 0.1) is 11.7 Å². The topological polar surface area (TPSA) is 84.9 Å². The quantitative estimate of drug-likeness (QED) is 0.536. The molecule has 0 saturated carbocycles. The fraction of sp³-hybridized carbons (Fsp3) is 0.526. The van der Waals surface area contributed by atoms with Crippen LogP contribution in [0, 0.1) is 0 Å². The van der Waals surface area contributed by atoms with Gasteiger partial charge in [0.15, 0.2) is 6.61 Å². The number of nitrogens with one attached hydrogen (secondary N) is 1. The van der Waals surface area contributed by atoms with Crippen LogP contribution in [0.15, 0.2) is 24.3 Å². The first-order valence-corrected chi connectivity index (χ1v) is 8.93. The second-order valence-corrected chi connectivity index (χ2v) is 6.39. The number of esters is 1.